The molecule has 2 aromatic carbocycles. The van der Waals surface area contributed by atoms with Crippen LogP contribution in [0.2, 0.25) is 5.02 Å². The summed E-state index contributed by atoms with van der Waals surface area (Å²) in [5.74, 6) is -0.849. The first-order valence-corrected chi connectivity index (χ1v) is 8.83. The molecule has 0 saturated carbocycles. The topological polar surface area (TPSA) is 80.3 Å². The standard InChI is InChI=1S/C21H18ClN3O3/c1-13-10-15(22)6-8-18(13)24-17-7-9-19(23-12-17)20(26)25-16-5-3-4-14(11-16)21(27)28-2/h3-12,24H,1-2H3,(H,25,26). The highest BCUT2D eigenvalue weighted by molar-refractivity contribution is 6.30. The number of anilines is 3. The molecule has 7 heteroatoms. The van der Waals surface area contributed by atoms with Crippen molar-refractivity contribution >= 4 is 40.5 Å². The SMILES string of the molecule is COC(=O)c1cccc(NC(=O)c2ccc(Nc3ccc(Cl)cc3C)cn2)c1. The monoisotopic (exact) mass is 395 g/mol. The number of ether oxygens (including phenoxy) is 1. The smallest absolute Gasteiger partial charge is 0.337 e. The maximum absolute atomic E-state index is 12.4. The number of carbonyl (C=O) groups is 2. The minimum Gasteiger partial charge on any atom is -0.465 e. The van der Waals surface area contributed by atoms with Crippen LogP contribution in [0.15, 0.2) is 60.8 Å². The van der Waals surface area contributed by atoms with E-state index in [-0.39, 0.29) is 11.6 Å². The number of benzene rings is 2. The van der Waals surface area contributed by atoms with Crippen molar-refractivity contribution in [3.63, 3.8) is 0 Å². The molecule has 1 aromatic heterocycles. The Morgan fingerprint density at radius 3 is 2.54 bits per heavy atom. The molecule has 0 bridgehead atoms. The minimum atomic E-state index is -0.470. The number of methoxy groups -OCH3 is 1. The molecule has 6 nitrogen and oxygen atoms in total. The molecule has 28 heavy (non-hydrogen) atoms. The normalized spacial score (nSPS) is 10.2. The van der Waals surface area contributed by atoms with Gasteiger partial charge >= 0.3 is 5.97 Å². The van der Waals surface area contributed by atoms with E-state index in [4.69, 9.17) is 11.6 Å². The maximum atomic E-state index is 12.4. The highest BCUT2D eigenvalue weighted by Gasteiger charge is 2.11. The Morgan fingerprint density at radius 1 is 1.04 bits per heavy atom. The number of aromatic nitrogens is 1. The summed E-state index contributed by atoms with van der Waals surface area (Å²) in [7, 11) is 1.30. The number of esters is 1. The number of hydrogen-bond acceptors (Lipinski definition) is 5. The van der Waals surface area contributed by atoms with Gasteiger partial charge in [0.25, 0.3) is 5.91 Å². The molecule has 0 aliphatic carbocycles. The third kappa shape index (κ3) is 4.66. The lowest BCUT2D eigenvalue weighted by Crippen LogP contribution is -2.14. The first-order valence-electron chi connectivity index (χ1n) is 8.45. The van der Waals surface area contributed by atoms with E-state index >= 15 is 0 Å². The Balaban J connectivity index is 1.69. The molecule has 0 aliphatic heterocycles. The van der Waals surface area contributed by atoms with Crippen molar-refractivity contribution in [2.75, 3.05) is 17.7 Å². The van der Waals surface area contributed by atoms with Crippen LogP contribution in [0.5, 0.6) is 0 Å². The van der Waals surface area contributed by atoms with Gasteiger partial charge in [-0.15, -0.1) is 0 Å². The molecule has 1 heterocycles. The fourth-order valence-corrected chi connectivity index (χ4v) is 2.79. The summed E-state index contributed by atoms with van der Waals surface area (Å²) in [4.78, 5) is 28.2. The van der Waals surface area contributed by atoms with Gasteiger partial charge in [0, 0.05) is 16.4 Å². The lowest BCUT2D eigenvalue weighted by atomic mass is 10.2. The predicted octanol–water partition coefficient (Wildman–Crippen LogP) is 4.83. The van der Waals surface area contributed by atoms with Crippen molar-refractivity contribution in [1.29, 1.82) is 0 Å². The quantitative estimate of drug-likeness (QED) is 0.605. The van der Waals surface area contributed by atoms with Crippen molar-refractivity contribution in [2.24, 2.45) is 0 Å². The zero-order valence-corrected chi connectivity index (χ0v) is 16.1. The van der Waals surface area contributed by atoms with E-state index in [1.807, 2.05) is 19.1 Å². The molecule has 0 aliphatic rings. The van der Waals surface area contributed by atoms with Crippen LogP contribution in [0.25, 0.3) is 0 Å². The first kappa shape index (κ1) is 19.4. The Hall–Kier alpha value is -3.38. The lowest BCUT2D eigenvalue weighted by molar-refractivity contribution is 0.0600. The van der Waals surface area contributed by atoms with Crippen molar-refractivity contribution in [1.82, 2.24) is 4.98 Å². The first-order chi connectivity index (χ1) is 13.5. The largest absolute Gasteiger partial charge is 0.465 e. The van der Waals surface area contributed by atoms with Gasteiger partial charge in [-0.05, 0) is 61.0 Å². The summed E-state index contributed by atoms with van der Waals surface area (Å²) >= 11 is 5.97. The van der Waals surface area contributed by atoms with Crippen LogP contribution < -0.4 is 10.6 Å². The van der Waals surface area contributed by atoms with E-state index < -0.39 is 5.97 Å². The lowest BCUT2D eigenvalue weighted by Gasteiger charge is -2.10. The molecule has 3 aromatic rings. The molecular weight excluding hydrogens is 378 g/mol. The number of halogens is 1. The summed E-state index contributed by atoms with van der Waals surface area (Å²) in [6.45, 7) is 1.95. The van der Waals surface area contributed by atoms with Gasteiger partial charge in [0.15, 0.2) is 0 Å². The van der Waals surface area contributed by atoms with E-state index in [1.54, 1.807) is 48.7 Å². The Kier molecular flexibility index (Phi) is 5.91. The van der Waals surface area contributed by atoms with Gasteiger partial charge in [-0.25, -0.2) is 9.78 Å². The van der Waals surface area contributed by atoms with Crippen LogP contribution in [0.3, 0.4) is 0 Å². The number of nitrogens with one attached hydrogen (secondary N) is 2. The number of rotatable bonds is 5. The van der Waals surface area contributed by atoms with Crippen molar-refractivity contribution in [2.45, 2.75) is 6.92 Å². The molecule has 0 atom stereocenters. The number of pyridine rings is 1. The molecule has 142 valence electrons. The van der Waals surface area contributed by atoms with Crippen molar-refractivity contribution in [3.05, 3.63) is 82.6 Å². The highest BCUT2D eigenvalue weighted by Crippen LogP contribution is 2.23. The van der Waals surface area contributed by atoms with Crippen molar-refractivity contribution < 1.29 is 14.3 Å². The number of amides is 1. The van der Waals surface area contributed by atoms with Crippen LogP contribution in [0.1, 0.15) is 26.4 Å². The molecule has 0 radical (unpaired) electrons. The molecular formula is C21H18ClN3O3. The second-order valence-electron chi connectivity index (χ2n) is 6.04. The number of carbonyl (C=O) groups excluding carboxylic acids is 2. The number of hydrogen-bond donors (Lipinski definition) is 2. The summed E-state index contributed by atoms with van der Waals surface area (Å²) in [6.07, 6.45) is 1.58. The summed E-state index contributed by atoms with van der Waals surface area (Å²) in [5.41, 5.74) is 3.74. The average Bonchev–Trinajstić information content (AvgIpc) is 2.70. The number of aryl methyl sites for hydroxylation is 1. The second-order valence-corrected chi connectivity index (χ2v) is 6.48. The molecule has 1 amide bonds. The highest BCUT2D eigenvalue weighted by atomic mass is 35.5. The summed E-state index contributed by atoms with van der Waals surface area (Å²) in [6, 6.07) is 15.4. The predicted molar refractivity (Wildman–Crippen MR) is 109 cm³/mol. The Bertz CT molecular complexity index is 1020. The molecule has 2 N–H and O–H groups in total. The van der Waals surface area contributed by atoms with E-state index in [2.05, 4.69) is 20.4 Å². The van der Waals surface area contributed by atoms with E-state index in [1.165, 1.54) is 7.11 Å². The van der Waals surface area contributed by atoms with Crippen molar-refractivity contribution in [3.8, 4) is 0 Å². The molecule has 0 spiro atoms. The fourth-order valence-electron chi connectivity index (χ4n) is 2.56. The zero-order valence-electron chi connectivity index (χ0n) is 15.3. The van der Waals surface area contributed by atoms with Gasteiger partial charge in [0.2, 0.25) is 0 Å². The third-order valence-corrected chi connectivity index (χ3v) is 4.24. The number of nitrogens with zero attached hydrogens (tertiary/aromatic N) is 1. The van der Waals surface area contributed by atoms with Crippen LogP contribution in [-0.4, -0.2) is 24.0 Å². The third-order valence-electron chi connectivity index (χ3n) is 4.01. The maximum Gasteiger partial charge on any atom is 0.337 e. The van der Waals surface area contributed by atoms with Gasteiger partial charge in [0.05, 0.1) is 24.6 Å². The van der Waals surface area contributed by atoms with Gasteiger partial charge < -0.3 is 15.4 Å². The van der Waals surface area contributed by atoms with Gasteiger partial charge in [-0.3, -0.25) is 4.79 Å². The van der Waals surface area contributed by atoms with E-state index in [0.717, 1.165) is 16.9 Å². The van der Waals surface area contributed by atoms with Crippen LogP contribution in [-0.2, 0) is 4.74 Å². The molecule has 0 fully saturated rings. The van der Waals surface area contributed by atoms with Gasteiger partial charge in [-0.2, -0.15) is 0 Å². The van der Waals surface area contributed by atoms with Crippen LogP contribution >= 0.6 is 11.6 Å². The summed E-state index contributed by atoms with van der Waals surface area (Å²) in [5, 5.41) is 6.63. The van der Waals surface area contributed by atoms with E-state index in [9.17, 15) is 9.59 Å². The molecule has 3 rings (SSSR count). The second kappa shape index (κ2) is 8.54. The molecule has 0 saturated heterocycles. The average molecular weight is 396 g/mol. The van der Waals surface area contributed by atoms with Gasteiger partial charge in [0.1, 0.15) is 5.69 Å². The zero-order chi connectivity index (χ0) is 20.1. The van der Waals surface area contributed by atoms with Crippen LogP contribution in [0.4, 0.5) is 17.1 Å². The Labute approximate surface area is 167 Å². The molecule has 0 unspecified atom stereocenters. The van der Waals surface area contributed by atoms with Gasteiger partial charge in [-0.1, -0.05) is 17.7 Å². The minimum absolute atomic E-state index is 0.252. The van der Waals surface area contributed by atoms with E-state index in [0.29, 0.717) is 16.3 Å². The summed E-state index contributed by atoms with van der Waals surface area (Å²) < 4.78 is 4.68. The fraction of sp³-hybridized carbons (Fsp3) is 0.0952. The van der Waals surface area contributed by atoms with Crippen LogP contribution in [0, 0.1) is 6.92 Å². The Morgan fingerprint density at radius 2 is 1.86 bits per heavy atom.